The van der Waals surface area contributed by atoms with Crippen molar-refractivity contribution in [1.29, 1.82) is 0 Å². The third-order valence-electron chi connectivity index (χ3n) is 1.46. The quantitative estimate of drug-likeness (QED) is 0.444. The van der Waals surface area contributed by atoms with Gasteiger partial charge >= 0.3 is 59.7 Å². The number of hydrogen-bond donors (Lipinski definition) is 0. The van der Waals surface area contributed by atoms with Crippen LogP contribution in [0.25, 0.3) is 0 Å². The standard InChI is InChI=1S/2C2H5.BrH.ClH.2Hg/c2*1-2;;;;/h2*1H2,2H3;2*1H;;/q;;;;;+2/p-2. The number of halogens is 2. The van der Waals surface area contributed by atoms with Crippen LogP contribution in [-0.4, -0.2) is 0 Å². The fraction of sp³-hybridized carbons (Fsp3) is 1.00. The van der Waals surface area contributed by atoms with Crippen LogP contribution >= 0.6 is 20.2 Å². The van der Waals surface area contributed by atoms with Crippen molar-refractivity contribution < 1.29 is 45.5 Å². The Morgan fingerprint density at radius 3 is 1.62 bits per heavy atom. The predicted octanol–water partition coefficient (Wildman–Crippen LogP) is 3.48. The molecule has 0 aliphatic rings. The van der Waals surface area contributed by atoms with Crippen molar-refractivity contribution in [1.82, 2.24) is 0 Å². The van der Waals surface area contributed by atoms with Crippen molar-refractivity contribution in [2.24, 2.45) is 0 Å². The number of rotatable bonds is 2. The summed E-state index contributed by atoms with van der Waals surface area (Å²) in [5.41, 5.74) is 0. The second-order valence-electron chi connectivity index (χ2n) is 2.21. The Morgan fingerprint density at radius 2 is 1.62 bits per heavy atom. The molecule has 0 aromatic rings. The number of hydrogen-bond acceptors (Lipinski definition) is 0. The molecule has 0 radical (unpaired) electrons. The molecule has 0 saturated carbocycles. The minimum atomic E-state index is -2.23. The van der Waals surface area contributed by atoms with E-state index in [1.165, 1.54) is 7.86 Å². The fourth-order valence-corrected chi connectivity index (χ4v) is 3.10. The topological polar surface area (TPSA) is 0 Å². The summed E-state index contributed by atoms with van der Waals surface area (Å²) in [6, 6.07) is 0. The third kappa shape index (κ3) is 6.76. The minimum Gasteiger partial charge on any atom is 0 e. The van der Waals surface area contributed by atoms with Gasteiger partial charge in [-0.05, 0) is 0 Å². The van der Waals surface area contributed by atoms with Crippen LogP contribution in [-0.2, 0) is 45.5 Å². The molecule has 0 amide bonds. The average molecular weight is 575 g/mol. The van der Waals surface area contributed by atoms with Crippen LogP contribution in [0.3, 0.4) is 0 Å². The Labute approximate surface area is 85.7 Å². The normalized spacial score (nSPS) is 8.50. The van der Waals surface area contributed by atoms with Crippen molar-refractivity contribution in [2.75, 3.05) is 0 Å². The summed E-state index contributed by atoms with van der Waals surface area (Å²) < 4.78 is 2.43. The molecule has 0 aliphatic carbocycles. The molecule has 0 atom stereocenters. The van der Waals surface area contributed by atoms with E-state index in [9.17, 15) is 0 Å². The maximum Gasteiger partial charge on any atom is 0 e. The van der Waals surface area contributed by atoms with E-state index in [0.717, 1.165) is 0 Å². The van der Waals surface area contributed by atoms with Crippen molar-refractivity contribution in [3.63, 3.8) is 0 Å². The van der Waals surface area contributed by atoms with Crippen LogP contribution in [0.1, 0.15) is 13.8 Å². The summed E-state index contributed by atoms with van der Waals surface area (Å²) >= 11 is 1.35. The zero-order valence-electron chi connectivity index (χ0n) is 5.58. The van der Waals surface area contributed by atoms with Gasteiger partial charge in [0.1, 0.15) is 0 Å². The zero-order chi connectivity index (χ0) is 5.91. The summed E-state index contributed by atoms with van der Waals surface area (Å²) in [6.07, 6.45) is 0. The van der Waals surface area contributed by atoms with Crippen molar-refractivity contribution in [3.8, 4) is 0 Å². The SMILES string of the molecule is C[CH2][Hg]([Cl])([Br])[CH2]C.[Hg]. The van der Waals surface area contributed by atoms with Crippen LogP contribution in [0.2, 0.25) is 7.86 Å². The fourth-order valence-electron chi connectivity index (χ4n) is 0.354. The Kier molecular flexibility index (Phi) is 10.5. The van der Waals surface area contributed by atoms with E-state index in [2.05, 4.69) is 25.8 Å². The van der Waals surface area contributed by atoms with Gasteiger partial charge in [-0.15, -0.1) is 0 Å². The van der Waals surface area contributed by atoms with Crippen LogP contribution in [0.5, 0.6) is 0 Å². The van der Waals surface area contributed by atoms with Gasteiger partial charge in [0, 0.05) is 27.7 Å². The second kappa shape index (κ2) is 6.36. The van der Waals surface area contributed by atoms with Crippen LogP contribution in [0, 0.1) is 0 Å². The van der Waals surface area contributed by atoms with Crippen molar-refractivity contribution in [3.05, 3.63) is 0 Å². The Morgan fingerprint density at radius 1 is 1.38 bits per heavy atom. The van der Waals surface area contributed by atoms with Gasteiger partial charge in [0.2, 0.25) is 0 Å². The molecule has 0 fully saturated rings. The Balaban J connectivity index is 0. The molecule has 4 heteroatoms. The van der Waals surface area contributed by atoms with Gasteiger partial charge in [0.15, 0.2) is 0 Å². The second-order valence-corrected chi connectivity index (χ2v) is 52.9. The molecule has 0 spiro atoms. The third-order valence-corrected chi connectivity index (χ3v) is 33.4. The van der Waals surface area contributed by atoms with E-state index in [1.807, 2.05) is 0 Å². The first-order chi connectivity index (χ1) is 3.12. The first kappa shape index (κ1) is 13.2. The van der Waals surface area contributed by atoms with E-state index in [0.29, 0.717) is 0 Å². The van der Waals surface area contributed by atoms with E-state index in [1.54, 1.807) is 0 Å². The Hall–Kier alpha value is 2.64. The first-order valence-corrected chi connectivity index (χ1v) is 29.4. The van der Waals surface area contributed by atoms with E-state index >= 15 is 0 Å². The molecule has 0 rings (SSSR count). The first-order valence-electron chi connectivity index (χ1n) is 2.95. The van der Waals surface area contributed by atoms with Gasteiger partial charge in [-0.2, -0.15) is 0 Å². The van der Waals surface area contributed by atoms with Crippen LogP contribution in [0.15, 0.2) is 0 Å². The molecular formula is C4H10BrClHg2. The molecule has 0 aromatic carbocycles. The molecule has 44 valence electrons. The molecule has 8 heavy (non-hydrogen) atoms. The molecule has 0 aromatic heterocycles. The van der Waals surface area contributed by atoms with Gasteiger partial charge in [-0.1, -0.05) is 0 Å². The maximum absolute atomic E-state index is 6.06. The van der Waals surface area contributed by atoms with Crippen LogP contribution in [0.4, 0.5) is 0 Å². The Bertz CT molecular complexity index is 52.0. The molecule has 0 nitrogen and oxygen atoms in total. The summed E-state index contributed by atoms with van der Waals surface area (Å²) in [5.74, 6) is 0. The summed E-state index contributed by atoms with van der Waals surface area (Å²) in [4.78, 5) is 0. The molecule has 0 bridgehead atoms. The van der Waals surface area contributed by atoms with Crippen molar-refractivity contribution in [2.45, 2.75) is 21.7 Å². The van der Waals surface area contributed by atoms with Gasteiger partial charge in [-0.25, -0.2) is 0 Å². The van der Waals surface area contributed by atoms with E-state index in [-0.39, 0.29) is 27.7 Å². The average Bonchev–Trinajstić information content (AvgIpc) is 1.68. The van der Waals surface area contributed by atoms with E-state index in [4.69, 9.17) is 8.25 Å². The molecular weight excluding hydrogens is 565 g/mol. The smallest absolute Gasteiger partial charge is 0 e. The molecule has 0 heterocycles. The maximum atomic E-state index is 6.06. The monoisotopic (exact) mass is 576 g/mol. The molecule has 0 unspecified atom stereocenters. The van der Waals surface area contributed by atoms with Crippen molar-refractivity contribution >= 4 is 20.2 Å². The molecule has 0 aliphatic heterocycles. The van der Waals surface area contributed by atoms with E-state index < -0.39 is 17.8 Å². The predicted molar refractivity (Wildman–Crippen MR) is 35.7 cm³/mol. The summed E-state index contributed by atoms with van der Waals surface area (Å²) in [7, 11) is 6.06. The van der Waals surface area contributed by atoms with Gasteiger partial charge in [0.05, 0.1) is 0 Å². The molecule has 0 N–H and O–H groups in total. The zero-order valence-corrected chi connectivity index (χ0v) is 18.9. The molecule has 0 saturated heterocycles. The van der Waals surface area contributed by atoms with Crippen LogP contribution < -0.4 is 0 Å². The largest absolute Gasteiger partial charge is 0 e. The minimum absolute atomic E-state index is 0. The summed E-state index contributed by atoms with van der Waals surface area (Å²) in [5, 5.41) is 0. The van der Waals surface area contributed by atoms with Gasteiger partial charge in [-0.3, -0.25) is 0 Å². The van der Waals surface area contributed by atoms with Gasteiger partial charge < -0.3 is 0 Å². The summed E-state index contributed by atoms with van der Waals surface area (Å²) in [6.45, 7) is 4.33. The van der Waals surface area contributed by atoms with Gasteiger partial charge in [0.25, 0.3) is 0 Å².